The van der Waals surface area contributed by atoms with Gasteiger partial charge in [-0.2, -0.15) is 0 Å². The van der Waals surface area contributed by atoms with Crippen molar-refractivity contribution in [3.05, 3.63) is 94.9 Å². The second-order valence-electron chi connectivity index (χ2n) is 6.88. The number of aromatic nitrogens is 2. The molecule has 0 saturated carbocycles. The monoisotopic (exact) mass is 384 g/mol. The summed E-state index contributed by atoms with van der Waals surface area (Å²) in [5.74, 6) is -0.192. The molecule has 4 heteroatoms. The second kappa shape index (κ2) is 7.87. The van der Waals surface area contributed by atoms with Gasteiger partial charge in [0.25, 0.3) is 0 Å². The molecule has 0 radical (unpaired) electrons. The molecule has 0 bridgehead atoms. The number of hydrogen-bond donors (Lipinski definition) is 0. The minimum atomic E-state index is -0.286. The number of nitrogens with zero attached hydrogens (tertiary/aromatic N) is 2. The first kappa shape index (κ1) is 18.3. The Morgan fingerprint density at radius 3 is 2.25 bits per heavy atom. The highest BCUT2D eigenvalue weighted by atomic mass is 32.1. The van der Waals surface area contributed by atoms with Crippen LogP contribution in [0.2, 0.25) is 0 Å². The first-order valence-electron chi connectivity index (χ1n) is 9.22. The molecular weight excluding hydrogens is 364 g/mol. The highest BCUT2D eigenvalue weighted by Gasteiger charge is 2.24. The quantitative estimate of drug-likeness (QED) is 0.387. The van der Waals surface area contributed by atoms with Crippen molar-refractivity contribution in [2.45, 2.75) is 19.8 Å². The summed E-state index contributed by atoms with van der Waals surface area (Å²) >= 11 is 1.30. The summed E-state index contributed by atoms with van der Waals surface area (Å²) in [6.07, 6.45) is 0. The summed E-state index contributed by atoms with van der Waals surface area (Å²) in [4.78, 5) is 13.9. The van der Waals surface area contributed by atoms with Gasteiger partial charge in [-0.25, -0.2) is 0 Å². The SMILES string of the molecule is Cc1cccc(C(=O)C(C)c2snnc2-c2ccc(-c3ccccc3)cc2)c1. The number of rotatable bonds is 5. The molecule has 4 rings (SSSR count). The maximum atomic E-state index is 13.0. The fourth-order valence-electron chi connectivity index (χ4n) is 3.30. The Bertz CT molecular complexity index is 1100. The van der Waals surface area contributed by atoms with Gasteiger partial charge in [0, 0.05) is 11.1 Å². The van der Waals surface area contributed by atoms with E-state index in [1.165, 1.54) is 17.1 Å². The van der Waals surface area contributed by atoms with Crippen LogP contribution in [0.3, 0.4) is 0 Å². The molecular formula is C24H20N2OS. The number of ketones is 1. The Balaban J connectivity index is 1.63. The minimum absolute atomic E-state index is 0.0944. The summed E-state index contributed by atoms with van der Waals surface area (Å²) in [5, 5.41) is 4.32. The molecule has 1 heterocycles. The topological polar surface area (TPSA) is 42.9 Å². The zero-order valence-corrected chi connectivity index (χ0v) is 16.6. The van der Waals surface area contributed by atoms with E-state index in [4.69, 9.17) is 0 Å². The molecule has 1 atom stereocenters. The lowest BCUT2D eigenvalue weighted by atomic mass is 9.94. The predicted molar refractivity (Wildman–Crippen MR) is 115 cm³/mol. The third-order valence-electron chi connectivity index (χ3n) is 4.87. The zero-order chi connectivity index (χ0) is 19.5. The Morgan fingerprint density at radius 1 is 0.857 bits per heavy atom. The molecule has 0 spiro atoms. The van der Waals surface area contributed by atoms with Gasteiger partial charge in [0.15, 0.2) is 5.78 Å². The fraction of sp³-hybridized carbons (Fsp3) is 0.125. The van der Waals surface area contributed by atoms with Gasteiger partial charge in [-0.3, -0.25) is 4.79 Å². The number of carbonyl (C=O) groups is 1. The number of benzene rings is 3. The Kier molecular flexibility index (Phi) is 5.13. The average molecular weight is 385 g/mol. The molecule has 3 nitrogen and oxygen atoms in total. The Labute approximate surface area is 168 Å². The van der Waals surface area contributed by atoms with Crippen LogP contribution >= 0.6 is 11.5 Å². The maximum Gasteiger partial charge on any atom is 0.171 e. The van der Waals surface area contributed by atoms with Crippen molar-refractivity contribution in [3.8, 4) is 22.4 Å². The van der Waals surface area contributed by atoms with Crippen molar-refractivity contribution in [3.63, 3.8) is 0 Å². The summed E-state index contributed by atoms with van der Waals surface area (Å²) in [7, 11) is 0. The van der Waals surface area contributed by atoms with E-state index in [0.717, 1.165) is 32.8 Å². The van der Waals surface area contributed by atoms with E-state index >= 15 is 0 Å². The van der Waals surface area contributed by atoms with Crippen LogP contribution in [0, 0.1) is 6.92 Å². The number of aryl methyl sites for hydroxylation is 1. The number of hydrogen-bond acceptors (Lipinski definition) is 4. The molecule has 0 aliphatic heterocycles. The van der Waals surface area contributed by atoms with Crippen LogP contribution < -0.4 is 0 Å². The lowest BCUT2D eigenvalue weighted by Gasteiger charge is -2.11. The first-order chi connectivity index (χ1) is 13.6. The molecule has 0 fully saturated rings. The van der Waals surface area contributed by atoms with Gasteiger partial charge < -0.3 is 0 Å². The highest BCUT2D eigenvalue weighted by Crippen LogP contribution is 2.33. The molecule has 0 N–H and O–H groups in total. The van der Waals surface area contributed by atoms with E-state index in [-0.39, 0.29) is 11.7 Å². The smallest absolute Gasteiger partial charge is 0.171 e. The van der Waals surface area contributed by atoms with Crippen molar-refractivity contribution in [2.75, 3.05) is 0 Å². The molecule has 0 aliphatic rings. The van der Waals surface area contributed by atoms with Crippen LogP contribution in [0.15, 0.2) is 78.9 Å². The van der Waals surface area contributed by atoms with Crippen molar-refractivity contribution in [1.29, 1.82) is 0 Å². The van der Waals surface area contributed by atoms with Crippen molar-refractivity contribution in [2.24, 2.45) is 0 Å². The Hall–Kier alpha value is -3.11. The van der Waals surface area contributed by atoms with Crippen molar-refractivity contribution >= 4 is 17.3 Å². The van der Waals surface area contributed by atoms with Crippen LogP contribution in [0.5, 0.6) is 0 Å². The van der Waals surface area contributed by atoms with Gasteiger partial charge in [0.2, 0.25) is 0 Å². The van der Waals surface area contributed by atoms with Gasteiger partial charge >= 0.3 is 0 Å². The van der Waals surface area contributed by atoms with Crippen LogP contribution in [-0.2, 0) is 0 Å². The lowest BCUT2D eigenvalue weighted by Crippen LogP contribution is -2.09. The first-order valence-corrected chi connectivity index (χ1v) is 10.00. The fourth-order valence-corrected chi connectivity index (χ4v) is 4.02. The average Bonchev–Trinajstić information content (AvgIpc) is 3.23. The standard InChI is InChI=1S/C24H20N2OS/c1-16-7-6-10-21(15-16)23(27)17(2)24-22(25-26-28-24)20-13-11-19(12-14-20)18-8-4-3-5-9-18/h3-15,17H,1-2H3. The van der Waals surface area contributed by atoms with Gasteiger partial charge in [-0.1, -0.05) is 89.8 Å². The summed E-state index contributed by atoms with van der Waals surface area (Å²) in [6, 6.07) is 26.2. The number of carbonyl (C=O) groups excluding carboxylic acids is 1. The molecule has 4 aromatic rings. The molecule has 1 unspecified atom stereocenters. The highest BCUT2D eigenvalue weighted by molar-refractivity contribution is 7.06. The lowest BCUT2D eigenvalue weighted by molar-refractivity contribution is 0.0967. The summed E-state index contributed by atoms with van der Waals surface area (Å²) in [5.41, 5.74) is 5.90. The van der Waals surface area contributed by atoms with Gasteiger partial charge in [0.1, 0.15) is 5.69 Å². The van der Waals surface area contributed by atoms with Crippen molar-refractivity contribution in [1.82, 2.24) is 9.59 Å². The van der Waals surface area contributed by atoms with E-state index in [9.17, 15) is 4.79 Å². The van der Waals surface area contributed by atoms with Crippen molar-refractivity contribution < 1.29 is 4.79 Å². The third-order valence-corrected chi connectivity index (χ3v) is 5.77. The van der Waals surface area contributed by atoms with Crippen LogP contribution in [0.25, 0.3) is 22.4 Å². The molecule has 3 aromatic carbocycles. The van der Waals surface area contributed by atoms with Crippen LogP contribution in [0.1, 0.15) is 33.6 Å². The normalized spacial score (nSPS) is 11.9. The number of Topliss-reactive ketones (excluding diaryl/α,β-unsaturated/α-hetero) is 1. The molecule has 1 aromatic heterocycles. The van der Waals surface area contributed by atoms with Gasteiger partial charge in [-0.05, 0) is 35.6 Å². The predicted octanol–water partition coefficient (Wildman–Crippen LogP) is 6.17. The van der Waals surface area contributed by atoms with Crippen LogP contribution in [0.4, 0.5) is 0 Å². The van der Waals surface area contributed by atoms with E-state index in [1.807, 2.05) is 68.4 Å². The minimum Gasteiger partial charge on any atom is -0.293 e. The molecule has 0 saturated heterocycles. The van der Waals surface area contributed by atoms with Crippen LogP contribution in [-0.4, -0.2) is 15.4 Å². The van der Waals surface area contributed by atoms with E-state index in [1.54, 1.807) is 0 Å². The summed E-state index contributed by atoms with van der Waals surface area (Å²) < 4.78 is 4.13. The van der Waals surface area contributed by atoms with Gasteiger partial charge in [0.05, 0.1) is 10.8 Å². The van der Waals surface area contributed by atoms with E-state index < -0.39 is 0 Å². The zero-order valence-electron chi connectivity index (χ0n) is 15.8. The molecule has 0 amide bonds. The molecule has 138 valence electrons. The third kappa shape index (κ3) is 3.64. The largest absolute Gasteiger partial charge is 0.293 e. The molecule has 0 aliphatic carbocycles. The van der Waals surface area contributed by atoms with E-state index in [0.29, 0.717) is 0 Å². The second-order valence-corrected chi connectivity index (χ2v) is 7.67. The van der Waals surface area contributed by atoms with Gasteiger partial charge in [-0.15, -0.1) is 5.10 Å². The van der Waals surface area contributed by atoms with E-state index in [2.05, 4.69) is 33.9 Å². The molecule has 28 heavy (non-hydrogen) atoms. The summed E-state index contributed by atoms with van der Waals surface area (Å²) in [6.45, 7) is 3.93. The maximum absolute atomic E-state index is 13.0. The Morgan fingerprint density at radius 2 is 1.54 bits per heavy atom.